The summed E-state index contributed by atoms with van der Waals surface area (Å²) in [5.74, 6) is 1.96. The number of hydrogen-bond acceptors (Lipinski definition) is 5. The molecular formula is C19H20N6O. The van der Waals surface area contributed by atoms with Crippen LogP contribution in [0.1, 0.15) is 33.6 Å². The van der Waals surface area contributed by atoms with Gasteiger partial charge >= 0.3 is 0 Å². The second-order valence-corrected chi connectivity index (χ2v) is 6.53. The van der Waals surface area contributed by atoms with Crippen molar-refractivity contribution in [3.05, 3.63) is 71.4 Å². The highest BCUT2D eigenvalue weighted by Gasteiger charge is 2.31. The van der Waals surface area contributed by atoms with Crippen molar-refractivity contribution in [2.24, 2.45) is 0 Å². The lowest BCUT2D eigenvalue weighted by Crippen LogP contribution is -2.42. The number of hydrogen-bond donors (Lipinski definition) is 1. The lowest BCUT2D eigenvalue weighted by atomic mass is 10.0. The summed E-state index contributed by atoms with van der Waals surface area (Å²) in [5.41, 5.74) is 7.49. The summed E-state index contributed by atoms with van der Waals surface area (Å²) < 4.78 is 2.15. The Kier molecular flexibility index (Phi) is 4.12. The summed E-state index contributed by atoms with van der Waals surface area (Å²) in [4.78, 5) is 18.7. The predicted octanol–water partition coefficient (Wildman–Crippen LogP) is 2.00. The number of benzene rings is 1. The first-order chi connectivity index (χ1) is 12.6. The van der Waals surface area contributed by atoms with Gasteiger partial charge in [0.15, 0.2) is 5.82 Å². The van der Waals surface area contributed by atoms with E-state index in [4.69, 9.17) is 5.73 Å². The first kappa shape index (κ1) is 16.3. The van der Waals surface area contributed by atoms with E-state index in [1.807, 2.05) is 30.0 Å². The van der Waals surface area contributed by atoms with E-state index < -0.39 is 0 Å². The van der Waals surface area contributed by atoms with Crippen molar-refractivity contribution in [1.29, 1.82) is 0 Å². The van der Waals surface area contributed by atoms with Crippen molar-refractivity contribution in [2.75, 3.05) is 12.3 Å². The maximum absolute atomic E-state index is 13.0. The molecule has 4 rings (SSSR count). The van der Waals surface area contributed by atoms with E-state index in [1.54, 1.807) is 18.3 Å². The van der Waals surface area contributed by atoms with E-state index in [2.05, 4.69) is 31.9 Å². The summed E-state index contributed by atoms with van der Waals surface area (Å²) in [6.45, 7) is 2.99. The molecule has 0 aliphatic carbocycles. The van der Waals surface area contributed by atoms with Crippen molar-refractivity contribution in [2.45, 2.75) is 25.9 Å². The average molecular weight is 348 g/mol. The quantitative estimate of drug-likeness (QED) is 0.782. The van der Waals surface area contributed by atoms with Gasteiger partial charge in [-0.25, -0.2) is 4.98 Å². The highest BCUT2D eigenvalue weighted by molar-refractivity contribution is 5.94. The van der Waals surface area contributed by atoms with Gasteiger partial charge in [0, 0.05) is 18.3 Å². The molecule has 2 aromatic heterocycles. The van der Waals surface area contributed by atoms with Crippen molar-refractivity contribution < 1.29 is 4.79 Å². The van der Waals surface area contributed by atoms with Gasteiger partial charge in [-0.05, 0) is 31.0 Å². The lowest BCUT2D eigenvalue weighted by molar-refractivity contribution is 0.0672. The summed E-state index contributed by atoms with van der Waals surface area (Å²) >= 11 is 0. The van der Waals surface area contributed by atoms with Gasteiger partial charge in [0.1, 0.15) is 11.6 Å². The van der Waals surface area contributed by atoms with Crippen LogP contribution >= 0.6 is 0 Å². The van der Waals surface area contributed by atoms with Crippen LogP contribution in [0.15, 0.2) is 48.7 Å². The number of amides is 1. The molecule has 0 bridgehead atoms. The number of nitrogen functional groups attached to an aromatic ring is 1. The van der Waals surface area contributed by atoms with Gasteiger partial charge in [-0.15, -0.1) is 10.2 Å². The van der Waals surface area contributed by atoms with E-state index in [0.29, 0.717) is 24.5 Å². The fourth-order valence-electron chi connectivity index (χ4n) is 3.53. The third-order valence-corrected chi connectivity index (χ3v) is 4.69. The molecule has 1 atom stereocenters. The minimum Gasteiger partial charge on any atom is -0.384 e. The van der Waals surface area contributed by atoms with Crippen molar-refractivity contribution in [1.82, 2.24) is 24.6 Å². The van der Waals surface area contributed by atoms with E-state index >= 15 is 0 Å². The van der Waals surface area contributed by atoms with Crippen LogP contribution in [-0.2, 0) is 13.0 Å². The van der Waals surface area contributed by atoms with Crippen molar-refractivity contribution >= 4 is 11.7 Å². The molecular weight excluding hydrogens is 328 g/mol. The number of rotatable bonds is 3. The number of aryl methyl sites for hydroxylation is 1. The zero-order chi connectivity index (χ0) is 18.1. The number of anilines is 1. The largest absolute Gasteiger partial charge is 0.384 e. The minimum atomic E-state index is -0.0657. The number of nitrogens with two attached hydrogens (primary N) is 1. The molecule has 1 aliphatic rings. The Morgan fingerprint density at radius 3 is 2.81 bits per heavy atom. The molecule has 7 nitrogen and oxygen atoms in total. The molecule has 3 aromatic rings. The maximum atomic E-state index is 13.0. The average Bonchev–Trinajstić information content (AvgIpc) is 3.03. The van der Waals surface area contributed by atoms with Crippen LogP contribution in [-0.4, -0.2) is 37.1 Å². The fourth-order valence-corrected chi connectivity index (χ4v) is 3.53. The molecule has 1 aromatic carbocycles. The molecule has 0 radical (unpaired) electrons. The van der Waals surface area contributed by atoms with Crippen LogP contribution in [0.5, 0.6) is 0 Å². The summed E-state index contributed by atoms with van der Waals surface area (Å²) in [6, 6.07) is 13.7. The summed E-state index contributed by atoms with van der Waals surface area (Å²) in [7, 11) is 0. The first-order valence-electron chi connectivity index (χ1n) is 8.57. The van der Waals surface area contributed by atoms with Gasteiger partial charge in [0.2, 0.25) is 0 Å². The standard InChI is InChI=1S/C19H20N6O/c1-13-22-23-18-12-24(19(26)15-7-8-21-17(20)10-15)11-16(25(13)18)9-14-5-3-2-4-6-14/h2-8,10,16H,9,11-12H2,1H3,(H2,20,21)/t16-/m1/s1. The molecule has 1 amide bonds. The van der Waals surface area contributed by atoms with Crippen LogP contribution < -0.4 is 5.73 Å². The topological polar surface area (TPSA) is 89.9 Å². The number of fused-ring (bicyclic) bond motifs is 1. The fraction of sp³-hybridized carbons (Fsp3) is 0.263. The number of aromatic nitrogens is 4. The summed E-state index contributed by atoms with van der Waals surface area (Å²) in [6.07, 6.45) is 2.37. The molecule has 7 heteroatoms. The molecule has 26 heavy (non-hydrogen) atoms. The Morgan fingerprint density at radius 1 is 1.23 bits per heavy atom. The zero-order valence-electron chi connectivity index (χ0n) is 14.5. The Hall–Kier alpha value is -3.22. The smallest absolute Gasteiger partial charge is 0.254 e. The Balaban J connectivity index is 1.64. The molecule has 3 heterocycles. The summed E-state index contributed by atoms with van der Waals surface area (Å²) in [5, 5.41) is 8.49. The molecule has 0 spiro atoms. The molecule has 0 saturated carbocycles. The third-order valence-electron chi connectivity index (χ3n) is 4.69. The van der Waals surface area contributed by atoms with Gasteiger partial charge in [-0.3, -0.25) is 4.79 Å². The first-order valence-corrected chi connectivity index (χ1v) is 8.57. The Morgan fingerprint density at radius 2 is 2.04 bits per heavy atom. The number of carbonyl (C=O) groups excluding carboxylic acids is 1. The van der Waals surface area contributed by atoms with Crippen molar-refractivity contribution in [3.63, 3.8) is 0 Å². The molecule has 0 saturated heterocycles. The number of pyridine rings is 1. The van der Waals surface area contributed by atoms with E-state index in [1.165, 1.54) is 5.56 Å². The Bertz CT molecular complexity index is 936. The SMILES string of the molecule is Cc1nnc2n1[C@H](Cc1ccccc1)CN(C(=O)c1ccnc(N)c1)C2. The van der Waals surface area contributed by atoms with Gasteiger partial charge < -0.3 is 15.2 Å². The van der Waals surface area contributed by atoms with Gasteiger partial charge in [0.25, 0.3) is 5.91 Å². The number of carbonyl (C=O) groups is 1. The van der Waals surface area contributed by atoms with Crippen LogP contribution in [0.25, 0.3) is 0 Å². The van der Waals surface area contributed by atoms with Gasteiger partial charge in [0.05, 0.1) is 12.6 Å². The highest BCUT2D eigenvalue weighted by atomic mass is 16.2. The van der Waals surface area contributed by atoms with Crippen molar-refractivity contribution in [3.8, 4) is 0 Å². The normalized spacial score (nSPS) is 16.3. The van der Waals surface area contributed by atoms with Gasteiger partial charge in [-0.2, -0.15) is 0 Å². The van der Waals surface area contributed by atoms with E-state index in [0.717, 1.165) is 18.1 Å². The minimum absolute atomic E-state index is 0.0657. The second kappa shape index (κ2) is 6.59. The molecule has 2 N–H and O–H groups in total. The predicted molar refractivity (Wildman–Crippen MR) is 97.3 cm³/mol. The van der Waals surface area contributed by atoms with E-state index in [-0.39, 0.29) is 11.9 Å². The maximum Gasteiger partial charge on any atom is 0.254 e. The molecule has 0 unspecified atom stereocenters. The molecule has 1 aliphatic heterocycles. The lowest BCUT2D eigenvalue weighted by Gasteiger charge is -2.34. The molecule has 0 fully saturated rings. The van der Waals surface area contributed by atoms with Crippen LogP contribution in [0.4, 0.5) is 5.82 Å². The van der Waals surface area contributed by atoms with Crippen LogP contribution in [0.2, 0.25) is 0 Å². The molecule has 132 valence electrons. The highest BCUT2D eigenvalue weighted by Crippen LogP contribution is 2.26. The second-order valence-electron chi connectivity index (χ2n) is 6.53. The van der Waals surface area contributed by atoms with Crippen LogP contribution in [0.3, 0.4) is 0 Å². The van der Waals surface area contributed by atoms with Gasteiger partial charge in [-0.1, -0.05) is 30.3 Å². The monoisotopic (exact) mass is 348 g/mol. The number of nitrogens with zero attached hydrogens (tertiary/aromatic N) is 5. The zero-order valence-corrected chi connectivity index (χ0v) is 14.5. The van der Waals surface area contributed by atoms with Crippen LogP contribution in [0, 0.1) is 6.92 Å². The Labute approximate surface area is 151 Å². The van der Waals surface area contributed by atoms with E-state index in [9.17, 15) is 4.79 Å². The third kappa shape index (κ3) is 3.03.